The highest BCUT2D eigenvalue weighted by atomic mass is 35.5. The summed E-state index contributed by atoms with van der Waals surface area (Å²) in [5, 5.41) is 7.48. The molecule has 0 aliphatic carbocycles. The second-order valence-corrected chi connectivity index (χ2v) is 7.10. The molecule has 6 heteroatoms. The average molecular weight is 382 g/mol. The lowest BCUT2D eigenvalue weighted by molar-refractivity contribution is 0.0205. The van der Waals surface area contributed by atoms with Crippen molar-refractivity contribution in [3.8, 4) is 0 Å². The largest absolute Gasteiger partial charge is 0.381 e. The summed E-state index contributed by atoms with van der Waals surface area (Å²) >= 11 is 5.96. The molecule has 1 aromatic rings. The van der Waals surface area contributed by atoms with E-state index in [1.165, 1.54) is 5.56 Å². The summed E-state index contributed by atoms with van der Waals surface area (Å²) < 4.78 is 11.2. The summed E-state index contributed by atoms with van der Waals surface area (Å²) in [5.41, 5.74) is 1.18. The number of ether oxygens (including phenoxy) is 2. The van der Waals surface area contributed by atoms with Crippen molar-refractivity contribution in [3.63, 3.8) is 0 Å². The van der Waals surface area contributed by atoms with Crippen molar-refractivity contribution >= 4 is 17.6 Å². The third-order valence-corrected chi connectivity index (χ3v) is 4.73. The predicted octanol–water partition coefficient (Wildman–Crippen LogP) is 3.79. The van der Waals surface area contributed by atoms with Crippen LogP contribution in [-0.2, 0) is 9.47 Å². The Morgan fingerprint density at radius 1 is 1.31 bits per heavy atom. The van der Waals surface area contributed by atoms with Gasteiger partial charge in [0.05, 0.1) is 6.04 Å². The number of benzene rings is 1. The van der Waals surface area contributed by atoms with Crippen LogP contribution in [0.25, 0.3) is 0 Å². The monoisotopic (exact) mass is 381 g/mol. The second-order valence-electron chi connectivity index (χ2n) is 6.66. The van der Waals surface area contributed by atoms with Crippen LogP contribution in [0, 0.1) is 5.92 Å². The zero-order valence-corrected chi connectivity index (χ0v) is 16.7. The Bertz CT molecular complexity index is 530. The van der Waals surface area contributed by atoms with E-state index in [1.807, 2.05) is 24.3 Å². The molecular formula is C20H32ClN3O2. The lowest BCUT2D eigenvalue weighted by atomic mass is 10.0. The van der Waals surface area contributed by atoms with Gasteiger partial charge in [0, 0.05) is 44.5 Å². The number of nitrogens with zero attached hydrogens (tertiary/aromatic N) is 1. The van der Waals surface area contributed by atoms with Gasteiger partial charge in [0.25, 0.3) is 0 Å². The molecule has 1 saturated heterocycles. The summed E-state index contributed by atoms with van der Waals surface area (Å²) in [6, 6.07) is 8.06. The van der Waals surface area contributed by atoms with Gasteiger partial charge in [-0.3, -0.25) is 4.99 Å². The summed E-state index contributed by atoms with van der Waals surface area (Å²) in [7, 11) is 0. The Hall–Kier alpha value is -1.30. The van der Waals surface area contributed by atoms with Crippen LogP contribution in [0.15, 0.2) is 29.3 Å². The molecule has 146 valence electrons. The van der Waals surface area contributed by atoms with Crippen molar-refractivity contribution in [3.05, 3.63) is 34.9 Å². The molecule has 0 saturated carbocycles. The summed E-state index contributed by atoms with van der Waals surface area (Å²) in [5.74, 6) is 1.49. The van der Waals surface area contributed by atoms with Crippen LogP contribution in [0.5, 0.6) is 0 Å². The predicted molar refractivity (Wildman–Crippen MR) is 108 cm³/mol. The molecule has 0 radical (unpaired) electrons. The molecule has 0 spiro atoms. The van der Waals surface area contributed by atoms with Gasteiger partial charge >= 0.3 is 0 Å². The van der Waals surface area contributed by atoms with E-state index in [-0.39, 0.29) is 6.04 Å². The van der Waals surface area contributed by atoms with E-state index in [2.05, 4.69) is 29.5 Å². The minimum atomic E-state index is 0.162. The normalized spacial score (nSPS) is 17.1. The number of halogens is 1. The van der Waals surface area contributed by atoms with Crippen LogP contribution in [0.3, 0.4) is 0 Å². The minimum Gasteiger partial charge on any atom is -0.381 e. The maximum absolute atomic E-state index is 5.96. The summed E-state index contributed by atoms with van der Waals surface area (Å²) in [4.78, 5) is 4.65. The van der Waals surface area contributed by atoms with Gasteiger partial charge in [-0.1, -0.05) is 23.7 Å². The van der Waals surface area contributed by atoms with Gasteiger partial charge in [-0.25, -0.2) is 0 Å². The quantitative estimate of drug-likeness (QED) is 0.388. The fraction of sp³-hybridized carbons (Fsp3) is 0.650. The minimum absolute atomic E-state index is 0.162. The smallest absolute Gasteiger partial charge is 0.191 e. The van der Waals surface area contributed by atoms with Crippen LogP contribution in [0.4, 0.5) is 0 Å². The Morgan fingerprint density at radius 2 is 2.04 bits per heavy atom. The van der Waals surface area contributed by atoms with E-state index in [9.17, 15) is 0 Å². The topological polar surface area (TPSA) is 54.9 Å². The Morgan fingerprint density at radius 3 is 2.73 bits per heavy atom. The first kappa shape index (κ1) is 21.0. The van der Waals surface area contributed by atoms with Gasteiger partial charge in [-0.15, -0.1) is 0 Å². The fourth-order valence-corrected chi connectivity index (χ4v) is 3.01. The van der Waals surface area contributed by atoms with Crippen LogP contribution < -0.4 is 10.6 Å². The van der Waals surface area contributed by atoms with Crippen LogP contribution >= 0.6 is 11.6 Å². The van der Waals surface area contributed by atoms with Gasteiger partial charge < -0.3 is 20.1 Å². The Labute approximate surface area is 162 Å². The van der Waals surface area contributed by atoms with Crippen molar-refractivity contribution in [1.82, 2.24) is 10.6 Å². The number of nitrogens with one attached hydrogen (secondary N) is 2. The first-order chi connectivity index (χ1) is 12.7. The number of aliphatic imine (C=N–C) groups is 1. The molecule has 0 amide bonds. The Kier molecular flexibility index (Phi) is 9.82. The van der Waals surface area contributed by atoms with E-state index in [0.29, 0.717) is 5.92 Å². The van der Waals surface area contributed by atoms with Crippen LogP contribution in [-0.4, -0.2) is 45.5 Å². The molecule has 2 rings (SSSR count). The number of hydrogen-bond acceptors (Lipinski definition) is 3. The maximum atomic E-state index is 5.96. The molecule has 26 heavy (non-hydrogen) atoms. The molecule has 1 unspecified atom stereocenters. The van der Waals surface area contributed by atoms with Gasteiger partial charge in [-0.2, -0.15) is 0 Å². The highest BCUT2D eigenvalue weighted by molar-refractivity contribution is 6.30. The summed E-state index contributed by atoms with van der Waals surface area (Å²) in [6.45, 7) is 9.12. The van der Waals surface area contributed by atoms with E-state index >= 15 is 0 Å². The third-order valence-electron chi connectivity index (χ3n) is 4.48. The zero-order chi connectivity index (χ0) is 18.6. The molecule has 2 N–H and O–H groups in total. The van der Waals surface area contributed by atoms with Crippen molar-refractivity contribution in [2.24, 2.45) is 10.9 Å². The molecule has 1 aliphatic rings. The zero-order valence-electron chi connectivity index (χ0n) is 16.0. The molecular weight excluding hydrogens is 350 g/mol. The van der Waals surface area contributed by atoms with Crippen molar-refractivity contribution < 1.29 is 9.47 Å². The average Bonchev–Trinajstić information content (AvgIpc) is 2.66. The SMILES string of the molecule is CCNC(=NCCCOCC1CCOCC1)NC(C)c1ccc(Cl)cc1. The first-order valence-electron chi connectivity index (χ1n) is 9.64. The molecule has 1 aliphatic heterocycles. The molecule has 0 bridgehead atoms. The van der Waals surface area contributed by atoms with Crippen molar-refractivity contribution in [1.29, 1.82) is 0 Å². The van der Waals surface area contributed by atoms with Crippen molar-refractivity contribution in [2.45, 2.75) is 39.2 Å². The lowest BCUT2D eigenvalue weighted by Crippen LogP contribution is -2.38. The van der Waals surface area contributed by atoms with E-state index in [1.54, 1.807) is 0 Å². The van der Waals surface area contributed by atoms with Gasteiger partial charge in [0.15, 0.2) is 5.96 Å². The van der Waals surface area contributed by atoms with Gasteiger partial charge in [0.1, 0.15) is 0 Å². The lowest BCUT2D eigenvalue weighted by Gasteiger charge is -2.21. The first-order valence-corrected chi connectivity index (χ1v) is 10.0. The Balaban J connectivity index is 1.69. The number of hydrogen-bond donors (Lipinski definition) is 2. The van der Waals surface area contributed by atoms with E-state index in [0.717, 1.165) is 69.8 Å². The van der Waals surface area contributed by atoms with Gasteiger partial charge in [0.2, 0.25) is 0 Å². The van der Waals surface area contributed by atoms with Crippen LogP contribution in [0.2, 0.25) is 5.02 Å². The molecule has 0 aromatic heterocycles. The second kappa shape index (κ2) is 12.2. The number of guanidine groups is 1. The van der Waals surface area contributed by atoms with E-state index in [4.69, 9.17) is 21.1 Å². The summed E-state index contributed by atoms with van der Waals surface area (Å²) in [6.07, 6.45) is 3.17. The molecule has 1 aromatic carbocycles. The van der Waals surface area contributed by atoms with E-state index < -0.39 is 0 Å². The molecule has 1 fully saturated rings. The fourth-order valence-electron chi connectivity index (χ4n) is 2.88. The van der Waals surface area contributed by atoms with Gasteiger partial charge in [-0.05, 0) is 56.7 Å². The highest BCUT2D eigenvalue weighted by Crippen LogP contribution is 2.16. The highest BCUT2D eigenvalue weighted by Gasteiger charge is 2.13. The third kappa shape index (κ3) is 7.94. The van der Waals surface area contributed by atoms with Crippen molar-refractivity contribution in [2.75, 3.05) is 39.5 Å². The molecule has 1 heterocycles. The number of rotatable bonds is 9. The molecule has 5 nitrogen and oxygen atoms in total. The molecule has 1 atom stereocenters. The van der Waals surface area contributed by atoms with Crippen LogP contribution in [0.1, 0.15) is 44.7 Å². The standard InChI is InChI=1S/C20H32ClN3O2/c1-3-22-20(24-16(2)18-5-7-19(21)8-6-18)23-11-4-12-26-15-17-9-13-25-14-10-17/h5-8,16-17H,3-4,9-15H2,1-2H3,(H2,22,23,24). The maximum Gasteiger partial charge on any atom is 0.191 e.